The molecule has 0 aliphatic heterocycles. The number of alkyl halides is 1. The molecule has 0 radical (unpaired) electrons. The molecule has 52 valence electrons. The standard InChI is InChI=1S/C4H10FNS.ClH/c5-1-3-7-4-2-6;/h1-4,6H2;1H. The fourth-order valence-electron chi connectivity index (χ4n) is 0.240. The van der Waals surface area contributed by atoms with Gasteiger partial charge in [-0.15, -0.1) is 12.4 Å². The Labute approximate surface area is 59.6 Å². The molecule has 1 nitrogen and oxygen atoms in total. The van der Waals surface area contributed by atoms with Gasteiger partial charge in [-0.3, -0.25) is 4.39 Å². The zero-order valence-electron chi connectivity index (χ0n) is 4.60. The second kappa shape index (κ2) is 10.5. The normalized spacial score (nSPS) is 8.25. The van der Waals surface area contributed by atoms with Crippen LogP contribution in [0.15, 0.2) is 0 Å². The molecule has 2 N–H and O–H groups in total. The van der Waals surface area contributed by atoms with Gasteiger partial charge in [0.2, 0.25) is 0 Å². The molecule has 0 heterocycles. The Morgan fingerprint density at radius 3 is 2.38 bits per heavy atom. The van der Waals surface area contributed by atoms with E-state index in [4.69, 9.17) is 5.73 Å². The Balaban J connectivity index is 0. The molecule has 0 bridgehead atoms. The summed E-state index contributed by atoms with van der Waals surface area (Å²) in [6, 6.07) is 0. The Hall–Kier alpha value is 0.530. The number of hydrogen-bond acceptors (Lipinski definition) is 2. The molecule has 0 spiro atoms. The van der Waals surface area contributed by atoms with Gasteiger partial charge in [-0.25, -0.2) is 0 Å². The largest absolute Gasteiger partial charge is 0.330 e. The van der Waals surface area contributed by atoms with Crippen LogP contribution in [-0.2, 0) is 0 Å². The molecular weight excluding hydrogens is 149 g/mol. The van der Waals surface area contributed by atoms with Gasteiger partial charge in [0.05, 0.1) is 6.67 Å². The predicted molar refractivity (Wildman–Crippen MR) is 39.6 cm³/mol. The lowest BCUT2D eigenvalue weighted by Gasteiger charge is -1.90. The van der Waals surface area contributed by atoms with Gasteiger partial charge in [-0.1, -0.05) is 0 Å². The van der Waals surface area contributed by atoms with Crippen LogP contribution in [0.1, 0.15) is 0 Å². The molecule has 0 aromatic rings. The van der Waals surface area contributed by atoms with E-state index in [0.29, 0.717) is 12.3 Å². The van der Waals surface area contributed by atoms with Gasteiger partial charge in [0.25, 0.3) is 0 Å². The molecule has 8 heavy (non-hydrogen) atoms. The van der Waals surface area contributed by atoms with Crippen LogP contribution < -0.4 is 5.73 Å². The topological polar surface area (TPSA) is 26.0 Å². The average Bonchev–Trinajstić information content (AvgIpc) is 1.69. The van der Waals surface area contributed by atoms with Crippen LogP contribution in [0.3, 0.4) is 0 Å². The minimum atomic E-state index is -0.231. The van der Waals surface area contributed by atoms with Crippen molar-refractivity contribution >= 4 is 24.2 Å². The summed E-state index contributed by atoms with van der Waals surface area (Å²) in [7, 11) is 0. The first kappa shape index (κ1) is 11.3. The SMILES string of the molecule is Cl.NCCSCCF. The van der Waals surface area contributed by atoms with E-state index in [1.165, 1.54) is 0 Å². The number of thioether (sulfide) groups is 1. The summed E-state index contributed by atoms with van der Waals surface area (Å²) in [5.41, 5.74) is 5.13. The molecule has 0 saturated heterocycles. The van der Waals surface area contributed by atoms with E-state index in [1.54, 1.807) is 11.8 Å². The molecule has 0 atom stereocenters. The van der Waals surface area contributed by atoms with Crippen LogP contribution in [-0.4, -0.2) is 24.7 Å². The first-order valence-electron chi connectivity index (χ1n) is 2.25. The van der Waals surface area contributed by atoms with E-state index in [2.05, 4.69) is 0 Å². The summed E-state index contributed by atoms with van der Waals surface area (Å²) in [6.45, 7) is 0.426. The van der Waals surface area contributed by atoms with Crippen LogP contribution >= 0.6 is 24.2 Å². The van der Waals surface area contributed by atoms with Crippen LogP contribution in [0, 0.1) is 0 Å². The molecule has 0 aliphatic rings. The third-order valence-corrected chi connectivity index (χ3v) is 1.45. The quantitative estimate of drug-likeness (QED) is 0.622. The fraction of sp³-hybridized carbons (Fsp3) is 1.00. The highest BCUT2D eigenvalue weighted by Crippen LogP contribution is 1.95. The minimum absolute atomic E-state index is 0. The molecule has 0 unspecified atom stereocenters. The van der Waals surface area contributed by atoms with Crippen molar-refractivity contribution in [2.24, 2.45) is 5.73 Å². The molecule has 0 aromatic carbocycles. The van der Waals surface area contributed by atoms with Crippen molar-refractivity contribution in [2.75, 3.05) is 24.7 Å². The van der Waals surface area contributed by atoms with Gasteiger partial charge < -0.3 is 5.73 Å². The zero-order chi connectivity index (χ0) is 5.54. The number of nitrogens with two attached hydrogens (primary N) is 1. The number of rotatable bonds is 4. The van der Waals surface area contributed by atoms with Crippen molar-refractivity contribution in [1.29, 1.82) is 0 Å². The molecule has 0 amide bonds. The van der Waals surface area contributed by atoms with Crippen molar-refractivity contribution in [3.8, 4) is 0 Å². The highest BCUT2D eigenvalue weighted by molar-refractivity contribution is 7.99. The summed E-state index contributed by atoms with van der Waals surface area (Å²) in [4.78, 5) is 0. The molecule has 0 aliphatic carbocycles. The van der Waals surface area contributed by atoms with E-state index in [1.807, 2.05) is 0 Å². The van der Waals surface area contributed by atoms with E-state index < -0.39 is 0 Å². The molecule has 0 fully saturated rings. The average molecular weight is 160 g/mol. The second-order valence-corrected chi connectivity index (χ2v) is 2.31. The minimum Gasteiger partial charge on any atom is -0.330 e. The van der Waals surface area contributed by atoms with Crippen molar-refractivity contribution in [2.45, 2.75) is 0 Å². The summed E-state index contributed by atoms with van der Waals surface area (Å²) >= 11 is 1.55. The third kappa shape index (κ3) is 9.73. The number of hydrogen-bond donors (Lipinski definition) is 1. The van der Waals surface area contributed by atoms with E-state index >= 15 is 0 Å². The molecule has 0 saturated carbocycles. The lowest BCUT2D eigenvalue weighted by Crippen LogP contribution is -2.01. The second-order valence-electron chi connectivity index (χ2n) is 1.09. The van der Waals surface area contributed by atoms with Crippen LogP contribution in [0.4, 0.5) is 4.39 Å². The van der Waals surface area contributed by atoms with E-state index in [9.17, 15) is 4.39 Å². The van der Waals surface area contributed by atoms with Crippen LogP contribution in [0.25, 0.3) is 0 Å². The Bertz CT molecular complexity index is 35.2. The van der Waals surface area contributed by atoms with E-state index in [-0.39, 0.29) is 19.1 Å². The molecule has 0 aromatic heterocycles. The monoisotopic (exact) mass is 159 g/mol. The maximum atomic E-state index is 11.3. The first-order chi connectivity index (χ1) is 3.41. The summed E-state index contributed by atoms with van der Waals surface area (Å²) in [5, 5.41) is 0. The van der Waals surface area contributed by atoms with Gasteiger partial charge in [0, 0.05) is 18.1 Å². The lowest BCUT2D eigenvalue weighted by molar-refractivity contribution is 0.533. The maximum absolute atomic E-state index is 11.3. The van der Waals surface area contributed by atoms with Gasteiger partial charge in [-0.2, -0.15) is 11.8 Å². The third-order valence-electron chi connectivity index (χ3n) is 0.484. The van der Waals surface area contributed by atoms with Gasteiger partial charge >= 0.3 is 0 Å². The fourth-order valence-corrected chi connectivity index (χ4v) is 0.720. The van der Waals surface area contributed by atoms with Crippen molar-refractivity contribution in [1.82, 2.24) is 0 Å². The number of halogens is 2. The van der Waals surface area contributed by atoms with Gasteiger partial charge in [-0.05, 0) is 0 Å². The summed E-state index contributed by atoms with van der Waals surface area (Å²) in [5.74, 6) is 1.47. The van der Waals surface area contributed by atoms with Crippen LogP contribution in [0.2, 0.25) is 0 Å². The molecular formula is C4H11ClFNS. The van der Waals surface area contributed by atoms with Gasteiger partial charge in [0.15, 0.2) is 0 Å². The Morgan fingerprint density at radius 2 is 2.00 bits per heavy atom. The smallest absolute Gasteiger partial charge is 0.0984 e. The summed E-state index contributed by atoms with van der Waals surface area (Å²) in [6.07, 6.45) is 0. The zero-order valence-corrected chi connectivity index (χ0v) is 6.23. The summed E-state index contributed by atoms with van der Waals surface area (Å²) < 4.78 is 11.3. The highest BCUT2D eigenvalue weighted by atomic mass is 35.5. The van der Waals surface area contributed by atoms with Crippen molar-refractivity contribution < 1.29 is 4.39 Å². The van der Waals surface area contributed by atoms with Gasteiger partial charge in [0.1, 0.15) is 0 Å². The maximum Gasteiger partial charge on any atom is 0.0984 e. The van der Waals surface area contributed by atoms with Crippen molar-refractivity contribution in [3.05, 3.63) is 0 Å². The van der Waals surface area contributed by atoms with Crippen molar-refractivity contribution in [3.63, 3.8) is 0 Å². The Morgan fingerprint density at radius 1 is 1.38 bits per heavy atom. The Kier molecular flexibility index (Phi) is 14.9. The lowest BCUT2D eigenvalue weighted by atomic mass is 10.8. The van der Waals surface area contributed by atoms with E-state index in [0.717, 1.165) is 5.75 Å². The van der Waals surface area contributed by atoms with Crippen LogP contribution in [0.5, 0.6) is 0 Å². The predicted octanol–water partition coefficient (Wildman–Crippen LogP) is 1.07. The first-order valence-corrected chi connectivity index (χ1v) is 3.41. The molecule has 4 heteroatoms. The highest BCUT2D eigenvalue weighted by Gasteiger charge is 1.81. The molecule has 0 rings (SSSR count).